The lowest BCUT2D eigenvalue weighted by Crippen LogP contribution is -2.72. The Balaban J connectivity index is 2.94. The summed E-state index contributed by atoms with van der Waals surface area (Å²) in [5.41, 5.74) is 0. The maximum atomic E-state index is 2.75. The minimum Gasteiger partial charge on any atom is -0.0943 e. The van der Waals surface area contributed by atoms with Crippen LogP contribution in [0.25, 0.3) is 0 Å². The van der Waals surface area contributed by atoms with Crippen LogP contribution in [0, 0.1) is 0 Å². The Morgan fingerprint density at radius 1 is 0.520 bits per heavy atom. The second-order valence-electron chi connectivity index (χ2n) is 12.2. The quantitative estimate of drug-likeness (QED) is 0.279. The van der Waals surface area contributed by atoms with Crippen LogP contribution in [0.15, 0.2) is 0 Å². The van der Waals surface area contributed by atoms with Crippen LogP contribution in [-0.2, 0) is 0 Å². The fourth-order valence-electron chi connectivity index (χ4n) is 7.22. The summed E-state index contributed by atoms with van der Waals surface area (Å²) in [6, 6.07) is 0. The Morgan fingerprint density at radius 2 is 0.760 bits per heavy atom. The zero-order chi connectivity index (χ0) is 19.7. The van der Waals surface area contributed by atoms with Crippen molar-refractivity contribution in [2.45, 2.75) is 100.0 Å². The van der Waals surface area contributed by atoms with Gasteiger partial charge in [0.25, 0.3) is 0 Å². The van der Waals surface area contributed by atoms with Gasteiger partial charge in [-0.3, -0.25) is 0 Å². The van der Waals surface area contributed by atoms with E-state index in [1.54, 1.807) is 12.8 Å². The first-order chi connectivity index (χ1) is 10.9. The second-order valence-corrected chi connectivity index (χ2v) is 51.9. The lowest BCUT2D eigenvalue weighted by Gasteiger charge is -2.64. The van der Waals surface area contributed by atoms with Gasteiger partial charge < -0.3 is 0 Å². The molecule has 0 N–H and O–H groups in total. The van der Waals surface area contributed by atoms with Crippen molar-refractivity contribution >= 4 is 78.8 Å². The second kappa shape index (κ2) is 6.75. The van der Waals surface area contributed by atoms with Crippen LogP contribution in [-0.4, -0.2) is 38.7 Å². The highest BCUT2D eigenvalue weighted by atomic mass is 33.8. The van der Waals surface area contributed by atoms with Crippen LogP contribution in [0.4, 0.5) is 0 Å². The number of hydrogen-bond acceptors (Lipinski definition) is 4. The molecule has 2 aliphatic rings. The highest BCUT2D eigenvalue weighted by Gasteiger charge is 2.83. The first kappa shape index (κ1) is 23.8. The molecule has 2 rings (SSSR count). The average Bonchev–Trinajstić information content (AvgIpc) is 2.90. The number of hydrogen-bond donors (Lipinski definition) is 0. The molecular formula is C16H40S4Si5. The minimum atomic E-state index is -1.56. The summed E-state index contributed by atoms with van der Waals surface area (Å²) in [6.07, 6.45) is 1.60. The van der Waals surface area contributed by atoms with Crippen molar-refractivity contribution in [2.24, 2.45) is 0 Å². The molecule has 9 heteroatoms. The first-order valence-corrected chi connectivity index (χ1v) is 31.9. The normalized spacial score (nSPS) is 26.4. The fraction of sp³-hybridized carbons (Fsp3) is 1.00. The Kier molecular flexibility index (Phi) is 6.41. The molecule has 0 bridgehead atoms. The molecule has 0 saturated carbocycles. The zero-order valence-electron chi connectivity index (χ0n) is 18.5. The van der Waals surface area contributed by atoms with Crippen molar-refractivity contribution < 1.29 is 0 Å². The lowest BCUT2D eigenvalue weighted by atomic mass is 10.4. The smallest absolute Gasteiger partial charge is 0.0943 e. The zero-order valence-corrected chi connectivity index (χ0v) is 26.8. The average molecular weight is 501 g/mol. The van der Waals surface area contributed by atoms with Crippen molar-refractivity contribution in [1.82, 2.24) is 0 Å². The summed E-state index contributed by atoms with van der Waals surface area (Å²) in [5.74, 6) is 0. The Bertz CT molecular complexity index is 449. The summed E-state index contributed by atoms with van der Waals surface area (Å²) in [5, 5.41) is 0. The van der Waals surface area contributed by atoms with Crippen LogP contribution in [0.1, 0.15) is 12.8 Å². The van der Waals surface area contributed by atoms with Crippen LogP contribution in [0.2, 0.25) is 87.1 Å². The first-order valence-electron chi connectivity index (χ1n) is 9.62. The van der Waals surface area contributed by atoms with Gasteiger partial charge in [-0.1, -0.05) is 112 Å². The van der Waals surface area contributed by atoms with E-state index in [0.29, 0.717) is 0 Å². The van der Waals surface area contributed by atoms with Gasteiger partial charge in [0.05, 0.1) is 0 Å². The van der Waals surface area contributed by atoms with Gasteiger partial charge in [-0.25, -0.2) is 0 Å². The lowest BCUT2D eigenvalue weighted by molar-refractivity contribution is 0.763. The maximum absolute atomic E-state index is 2.75. The van der Waals surface area contributed by atoms with Gasteiger partial charge in [0, 0.05) is 32.3 Å². The predicted octanol–water partition coefficient (Wildman–Crippen LogP) is 8.90. The van der Waals surface area contributed by atoms with Gasteiger partial charge >= 0.3 is 0 Å². The Morgan fingerprint density at radius 3 is 0.960 bits per heavy atom. The van der Waals surface area contributed by atoms with E-state index in [2.05, 4.69) is 119 Å². The van der Waals surface area contributed by atoms with Gasteiger partial charge in [0.15, 0.2) is 0 Å². The molecule has 0 unspecified atom stereocenters. The molecular weight excluding hydrogens is 461 g/mol. The van der Waals surface area contributed by atoms with Crippen LogP contribution >= 0.6 is 40.1 Å². The van der Waals surface area contributed by atoms with Gasteiger partial charge in [-0.15, -0.1) is 0 Å². The van der Waals surface area contributed by atoms with E-state index in [1.165, 1.54) is 0 Å². The Labute approximate surface area is 177 Å². The Hall–Kier alpha value is 2.48. The summed E-state index contributed by atoms with van der Waals surface area (Å²) in [4.78, 5) is 0. The molecule has 0 aromatic heterocycles. The van der Waals surface area contributed by atoms with Gasteiger partial charge in [-0.05, 0) is 28.2 Å². The molecule has 2 saturated heterocycles. The summed E-state index contributed by atoms with van der Waals surface area (Å²) < 4.78 is 1.53. The van der Waals surface area contributed by atoms with E-state index in [-0.39, 0.29) is 0 Å². The molecule has 2 heterocycles. The summed E-state index contributed by atoms with van der Waals surface area (Å²) in [7, 11) is 4.18. The van der Waals surface area contributed by atoms with E-state index in [4.69, 9.17) is 0 Å². The molecule has 0 radical (unpaired) electrons. The van der Waals surface area contributed by atoms with Crippen molar-refractivity contribution in [2.75, 3.05) is 0 Å². The van der Waals surface area contributed by atoms with E-state index in [0.717, 1.165) is 8.57 Å². The van der Waals surface area contributed by atoms with Crippen LogP contribution in [0.3, 0.4) is 0 Å². The molecule has 1 spiro atoms. The molecule has 0 amide bonds. The summed E-state index contributed by atoms with van der Waals surface area (Å²) in [6.45, 7) is 33.0. The molecule has 25 heavy (non-hydrogen) atoms. The molecule has 148 valence electrons. The molecule has 0 aliphatic carbocycles. The van der Waals surface area contributed by atoms with Crippen LogP contribution < -0.4 is 0 Å². The predicted molar refractivity (Wildman–Crippen MR) is 144 cm³/mol. The molecule has 2 aliphatic heterocycles. The van der Waals surface area contributed by atoms with Gasteiger partial charge in [0.2, 0.25) is 6.37 Å². The highest BCUT2D eigenvalue weighted by molar-refractivity contribution is 9.41. The SMILES string of the molecule is C[Si](C)(C)C1([Si](C)(C)C)CCC([Si](C)(C)C)([Si](C)(C)C)[Si]12SSSS2. The third kappa shape index (κ3) is 3.02. The largest absolute Gasteiger partial charge is 0.207 e. The molecule has 0 aromatic carbocycles. The third-order valence-electron chi connectivity index (χ3n) is 7.45. The van der Waals surface area contributed by atoms with E-state index >= 15 is 0 Å². The van der Waals surface area contributed by atoms with E-state index in [9.17, 15) is 0 Å². The van der Waals surface area contributed by atoms with Crippen molar-refractivity contribution in [1.29, 1.82) is 0 Å². The van der Waals surface area contributed by atoms with Crippen LogP contribution in [0.5, 0.6) is 0 Å². The van der Waals surface area contributed by atoms with Crippen molar-refractivity contribution in [3.63, 3.8) is 0 Å². The fourth-order valence-corrected chi connectivity index (χ4v) is 112. The number of rotatable bonds is 4. The molecule has 0 nitrogen and oxygen atoms in total. The monoisotopic (exact) mass is 500 g/mol. The molecule has 0 atom stereocenters. The van der Waals surface area contributed by atoms with Gasteiger partial charge in [-0.2, -0.15) is 0 Å². The van der Waals surface area contributed by atoms with Crippen molar-refractivity contribution in [3.8, 4) is 0 Å². The topological polar surface area (TPSA) is 0 Å². The molecule has 0 aromatic rings. The maximum Gasteiger partial charge on any atom is 0.207 e. The van der Waals surface area contributed by atoms with Crippen molar-refractivity contribution in [3.05, 3.63) is 0 Å². The standard InChI is InChI=1S/C16H40S4Si5/c1-21(2,3)15(22(4,5)6)13-14-16(23(7,8)9,24(10,11)12)25(15)19-17-18-20-25/h13-14H2,1-12H3. The van der Waals surface area contributed by atoms with E-state index in [1.807, 2.05) is 0 Å². The van der Waals surface area contributed by atoms with Gasteiger partial charge in [0.1, 0.15) is 0 Å². The molecule has 2 fully saturated rings. The minimum absolute atomic E-state index is 0.763. The summed E-state index contributed by atoms with van der Waals surface area (Å²) >= 11 is 0. The van der Waals surface area contributed by atoms with E-state index < -0.39 is 38.7 Å². The highest BCUT2D eigenvalue weighted by Crippen LogP contribution is 2.87. The third-order valence-corrected chi connectivity index (χ3v) is 69.9.